The molecule has 0 heterocycles. The van der Waals surface area contributed by atoms with E-state index in [0.717, 1.165) is 16.6 Å². The minimum atomic E-state index is 0.240. The minimum absolute atomic E-state index is 0.240. The zero-order chi connectivity index (χ0) is 12.8. The van der Waals surface area contributed by atoms with E-state index in [9.17, 15) is 5.11 Å². The number of unbranched alkanes of at least 4 members (excludes halogenated alkanes) is 2. The number of aromatic hydroxyl groups is 1. The summed E-state index contributed by atoms with van der Waals surface area (Å²) < 4.78 is 1.01. The van der Waals surface area contributed by atoms with Crippen LogP contribution in [0.5, 0.6) is 5.75 Å². The second kappa shape index (κ2) is 7.02. The van der Waals surface area contributed by atoms with Crippen molar-refractivity contribution in [2.24, 2.45) is 0 Å². The molecule has 0 aliphatic heterocycles. The molecule has 0 aliphatic rings. The summed E-state index contributed by atoms with van der Waals surface area (Å²) in [6, 6.07) is 5.85. The van der Waals surface area contributed by atoms with E-state index in [-0.39, 0.29) is 6.04 Å². The van der Waals surface area contributed by atoms with E-state index in [1.54, 1.807) is 6.07 Å². The molecule has 1 aromatic rings. The normalized spacial score (nSPS) is 13.0. The second-order valence-electron chi connectivity index (χ2n) is 4.57. The van der Waals surface area contributed by atoms with Crippen molar-refractivity contribution in [3.05, 3.63) is 28.2 Å². The maximum absolute atomic E-state index is 9.88. The van der Waals surface area contributed by atoms with E-state index >= 15 is 0 Å². The molecule has 0 amide bonds. The average molecular weight is 300 g/mol. The summed E-state index contributed by atoms with van der Waals surface area (Å²) in [5.74, 6) is 0.378. The van der Waals surface area contributed by atoms with Gasteiger partial charge in [-0.3, -0.25) is 4.90 Å². The van der Waals surface area contributed by atoms with E-state index in [2.05, 4.69) is 41.7 Å². The van der Waals surface area contributed by atoms with Crippen molar-refractivity contribution in [3.63, 3.8) is 0 Å². The molecule has 0 radical (unpaired) electrons. The van der Waals surface area contributed by atoms with Gasteiger partial charge < -0.3 is 5.11 Å². The molecule has 1 atom stereocenters. The lowest BCUT2D eigenvalue weighted by Gasteiger charge is -2.25. The van der Waals surface area contributed by atoms with Gasteiger partial charge in [-0.15, -0.1) is 0 Å². The second-order valence-corrected chi connectivity index (χ2v) is 5.48. The highest BCUT2D eigenvalue weighted by Crippen LogP contribution is 2.30. The van der Waals surface area contributed by atoms with Crippen molar-refractivity contribution in [2.75, 3.05) is 13.6 Å². The van der Waals surface area contributed by atoms with Crippen molar-refractivity contribution in [3.8, 4) is 5.75 Å². The van der Waals surface area contributed by atoms with Gasteiger partial charge in [-0.25, -0.2) is 0 Å². The standard InChI is InChI=1S/C14H22BrNO/c1-4-5-6-9-16(3)11(2)13-10-12(15)7-8-14(13)17/h7-8,10-11,17H,4-6,9H2,1-3H3. The third-order valence-electron chi connectivity index (χ3n) is 3.22. The molecule has 0 spiro atoms. The Kier molecular flexibility index (Phi) is 6.00. The number of nitrogens with zero attached hydrogens (tertiary/aromatic N) is 1. The van der Waals surface area contributed by atoms with Crippen LogP contribution in [0, 0.1) is 0 Å². The van der Waals surface area contributed by atoms with Gasteiger partial charge in [-0.05, 0) is 45.1 Å². The van der Waals surface area contributed by atoms with Crippen LogP contribution in [0.3, 0.4) is 0 Å². The number of phenolic OH excluding ortho intramolecular Hbond substituents is 1. The van der Waals surface area contributed by atoms with E-state index in [4.69, 9.17) is 0 Å². The largest absolute Gasteiger partial charge is 0.508 e. The molecule has 96 valence electrons. The van der Waals surface area contributed by atoms with Crippen molar-refractivity contribution in [1.82, 2.24) is 4.90 Å². The maximum Gasteiger partial charge on any atom is 0.120 e. The van der Waals surface area contributed by atoms with Crippen molar-refractivity contribution < 1.29 is 5.11 Å². The molecule has 17 heavy (non-hydrogen) atoms. The van der Waals surface area contributed by atoms with Crippen molar-refractivity contribution in [1.29, 1.82) is 0 Å². The molecule has 0 saturated heterocycles. The lowest BCUT2D eigenvalue weighted by Crippen LogP contribution is -2.23. The van der Waals surface area contributed by atoms with Crippen LogP contribution in [0.25, 0.3) is 0 Å². The summed E-state index contributed by atoms with van der Waals surface area (Å²) in [6.45, 7) is 5.41. The molecule has 1 unspecified atom stereocenters. The number of benzene rings is 1. The van der Waals surface area contributed by atoms with E-state index in [1.165, 1.54) is 19.3 Å². The maximum atomic E-state index is 9.88. The van der Waals surface area contributed by atoms with E-state index in [1.807, 2.05) is 12.1 Å². The predicted octanol–water partition coefficient (Wildman–Crippen LogP) is 4.34. The Morgan fingerprint density at radius 1 is 1.35 bits per heavy atom. The fourth-order valence-electron chi connectivity index (χ4n) is 1.90. The molecule has 0 fully saturated rings. The molecule has 0 saturated carbocycles. The Balaban J connectivity index is 2.67. The number of rotatable bonds is 6. The molecule has 1 aromatic carbocycles. The van der Waals surface area contributed by atoms with Crippen LogP contribution in [-0.4, -0.2) is 23.6 Å². The minimum Gasteiger partial charge on any atom is -0.508 e. The molecule has 0 aliphatic carbocycles. The third kappa shape index (κ3) is 4.32. The topological polar surface area (TPSA) is 23.5 Å². The van der Waals surface area contributed by atoms with Crippen LogP contribution < -0.4 is 0 Å². The monoisotopic (exact) mass is 299 g/mol. The fourth-order valence-corrected chi connectivity index (χ4v) is 2.28. The van der Waals surface area contributed by atoms with Gasteiger partial charge in [-0.1, -0.05) is 35.7 Å². The number of halogens is 1. The molecule has 3 heteroatoms. The number of hydrogen-bond acceptors (Lipinski definition) is 2. The Bertz CT molecular complexity index is 354. The smallest absolute Gasteiger partial charge is 0.120 e. The number of hydrogen-bond donors (Lipinski definition) is 1. The fraction of sp³-hybridized carbons (Fsp3) is 0.571. The van der Waals surface area contributed by atoms with Crippen LogP contribution in [-0.2, 0) is 0 Å². The lowest BCUT2D eigenvalue weighted by molar-refractivity contribution is 0.251. The first-order chi connectivity index (χ1) is 8.06. The first-order valence-electron chi connectivity index (χ1n) is 6.25. The van der Waals surface area contributed by atoms with Crippen LogP contribution in [0.4, 0.5) is 0 Å². The molecular formula is C14H22BrNO. The highest BCUT2D eigenvalue weighted by atomic mass is 79.9. The Hall–Kier alpha value is -0.540. The number of phenols is 1. The quantitative estimate of drug-likeness (QED) is 0.790. The van der Waals surface area contributed by atoms with Gasteiger partial charge in [0.05, 0.1) is 0 Å². The van der Waals surface area contributed by atoms with Gasteiger partial charge in [-0.2, -0.15) is 0 Å². The molecular weight excluding hydrogens is 278 g/mol. The molecule has 0 bridgehead atoms. The summed E-state index contributed by atoms with van der Waals surface area (Å²) in [4.78, 5) is 2.29. The van der Waals surface area contributed by atoms with Crippen LogP contribution in [0.15, 0.2) is 22.7 Å². The first kappa shape index (κ1) is 14.5. The van der Waals surface area contributed by atoms with Gasteiger partial charge >= 0.3 is 0 Å². The van der Waals surface area contributed by atoms with Gasteiger partial charge in [0.2, 0.25) is 0 Å². The van der Waals surface area contributed by atoms with Gasteiger partial charge in [0.25, 0.3) is 0 Å². The highest BCUT2D eigenvalue weighted by Gasteiger charge is 2.15. The Labute approximate surface area is 113 Å². The molecule has 0 aromatic heterocycles. The summed E-state index contributed by atoms with van der Waals surface area (Å²) in [7, 11) is 2.11. The summed E-state index contributed by atoms with van der Waals surface area (Å²) in [5, 5.41) is 9.88. The molecule has 1 N–H and O–H groups in total. The van der Waals surface area contributed by atoms with Crippen LogP contribution in [0.2, 0.25) is 0 Å². The van der Waals surface area contributed by atoms with Crippen molar-refractivity contribution >= 4 is 15.9 Å². The summed E-state index contributed by atoms with van der Waals surface area (Å²) >= 11 is 3.45. The van der Waals surface area contributed by atoms with Crippen LogP contribution >= 0.6 is 15.9 Å². The summed E-state index contributed by atoms with van der Waals surface area (Å²) in [5.41, 5.74) is 0.985. The van der Waals surface area contributed by atoms with Gasteiger partial charge in [0.15, 0.2) is 0 Å². The van der Waals surface area contributed by atoms with Crippen molar-refractivity contribution in [2.45, 2.75) is 39.2 Å². The zero-order valence-electron chi connectivity index (χ0n) is 10.9. The molecule has 1 rings (SSSR count). The van der Waals surface area contributed by atoms with Gasteiger partial charge in [0.1, 0.15) is 5.75 Å². The SMILES string of the molecule is CCCCCN(C)C(C)c1cc(Br)ccc1O. The van der Waals surface area contributed by atoms with E-state index in [0.29, 0.717) is 5.75 Å². The highest BCUT2D eigenvalue weighted by molar-refractivity contribution is 9.10. The predicted molar refractivity (Wildman–Crippen MR) is 76.4 cm³/mol. The van der Waals surface area contributed by atoms with Crippen LogP contribution in [0.1, 0.15) is 44.7 Å². The first-order valence-corrected chi connectivity index (χ1v) is 7.04. The average Bonchev–Trinajstić information content (AvgIpc) is 2.31. The molecule has 2 nitrogen and oxygen atoms in total. The summed E-state index contributed by atoms with van der Waals surface area (Å²) in [6.07, 6.45) is 3.72. The third-order valence-corrected chi connectivity index (χ3v) is 3.71. The lowest BCUT2D eigenvalue weighted by atomic mass is 10.1. The zero-order valence-corrected chi connectivity index (χ0v) is 12.5. The van der Waals surface area contributed by atoms with E-state index < -0.39 is 0 Å². The van der Waals surface area contributed by atoms with Gasteiger partial charge in [0, 0.05) is 16.1 Å². The Morgan fingerprint density at radius 2 is 2.06 bits per heavy atom. The Morgan fingerprint density at radius 3 is 2.71 bits per heavy atom.